The zero-order valence-electron chi connectivity index (χ0n) is 16.4. The Labute approximate surface area is 182 Å². The Morgan fingerprint density at radius 2 is 1.67 bits per heavy atom. The molecule has 0 fully saturated rings. The van der Waals surface area contributed by atoms with Crippen LogP contribution in [0.1, 0.15) is 48.9 Å². The molecule has 0 saturated heterocycles. The van der Waals surface area contributed by atoms with E-state index in [4.69, 9.17) is 14.2 Å². The second-order valence-corrected chi connectivity index (χ2v) is 6.82. The van der Waals surface area contributed by atoms with Crippen LogP contribution in [0.4, 0.5) is 0 Å². The highest BCUT2D eigenvalue weighted by atomic mass is 79.9. The zero-order chi connectivity index (χ0) is 22.2. The van der Waals surface area contributed by atoms with Crippen LogP contribution in [-0.2, 0) is 23.9 Å². The van der Waals surface area contributed by atoms with Gasteiger partial charge in [0.1, 0.15) is 11.3 Å². The molecule has 0 amide bonds. The fourth-order valence-electron chi connectivity index (χ4n) is 2.21. The summed E-state index contributed by atoms with van der Waals surface area (Å²) in [6.07, 6.45) is 3.45. The molecule has 0 radical (unpaired) electrons. The molecule has 0 unspecified atom stereocenters. The summed E-state index contributed by atoms with van der Waals surface area (Å²) < 4.78 is 15.0. The van der Waals surface area contributed by atoms with E-state index in [1.807, 2.05) is 0 Å². The van der Waals surface area contributed by atoms with Crippen molar-refractivity contribution in [2.45, 2.75) is 38.5 Å². The monoisotopic (exact) mass is 489 g/mol. The Kier molecular flexibility index (Phi) is 12.8. The summed E-state index contributed by atoms with van der Waals surface area (Å²) in [6.45, 7) is -0.689. The summed E-state index contributed by atoms with van der Waals surface area (Å²) in [5.41, 5.74) is 0.0241. The lowest BCUT2D eigenvalue weighted by atomic mass is 10.2. The molecular formula is C19H24BrNO9. The van der Waals surface area contributed by atoms with Crippen molar-refractivity contribution in [3.05, 3.63) is 39.9 Å². The number of unbranched alkanes of at least 4 members (excludes halogenated alkanes) is 3. The standard InChI is InChI=1S/C19H24BrNO9/c20-11-5-1-2-10-17(22)30-16-9-4-3-8-15(16)19(24)28-14-18(23)27-12-6-7-13-29-21(25)26/h3-4,8-9H,1-2,5-7,10-14H2. The van der Waals surface area contributed by atoms with E-state index in [0.717, 1.165) is 18.2 Å². The van der Waals surface area contributed by atoms with Gasteiger partial charge in [0.15, 0.2) is 6.61 Å². The third-order valence-electron chi connectivity index (χ3n) is 3.66. The third kappa shape index (κ3) is 11.3. The Bertz CT molecular complexity index is 711. The molecule has 0 aliphatic carbocycles. The van der Waals surface area contributed by atoms with E-state index in [1.54, 1.807) is 12.1 Å². The Hall–Kier alpha value is -2.69. The van der Waals surface area contributed by atoms with Gasteiger partial charge in [-0.15, -0.1) is 10.1 Å². The lowest BCUT2D eigenvalue weighted by Crippen LogP contribution is -2.18. The number of alkyl halides is 1. The molecular weight excluding hydrogens is 466 g/mol. The van der Waals surface area contributed by atoms with Gasteiger partial charge in [0.25, 0.3) is 5.09 Å². The van der Waals surface area contributed by atoms with Gasteiger partial charge in [0, 0.05) is 11.8 Å². The first-order valence-electron chi connectivity index (χ1n) is 9.39. The zero-order valence-corrected chi connectivity index (χ0v) is 18.0. The predicted molar refractivity (Wildman–Crippen MR) is 108 cm³/mol. The summed E-state index contributed by atoms with van der Waals surface area (Å²) in [5.74, 6) is -1.98. The number of halogens is 1. The van der Waals surface area contributed by atoms with Crippen LogP contribution in [0.3, 0.4) is 0 Å². The van der Waals surface area contributed by atoms with Crippen molar-refractivity contribution in [1.29, 1.82) is 0 Å². The highest BCUT2D eigenvalue weighted by Gasteiger charge is 2.17. The molecule has 0 bridgehead atoms. The van der Waals surface area contributed by atoms with Crippen LogP contribution in [0.2, 0.25) is 0 Å². The van der Waals surface area contributed by atoms with E-state index < -0.39 is 29.6 Å². The molecule has 166 valence electrons. The number of ether oxygens (including phenoxy) is 3. The Morgan fingerprint density at radius 3 is 2.40 bits per heavy atom. The van der Waals surface area contributed by atoms with Crippen molar-refractivity contribution in [2.24, 2.45) is 0 Å². The highest BCUT2D eigenvalue weighted by molar-refractivity contribution is 9.09. The molecule has 0 spiro atoms. The minimum Gasteiger partial charge on any atom is -0.463 e. The lowest BCUT2D eigenvalue weighted by molar-refractivity contribution is -0.757. The molecule has 0 heterocycles. The number of carbonyl (C=O) groups excluding carboxylic acids is 3. The molecule has 0 aromatic heterocycles. The average Bonchev–Trinajstić information content (AvgIpc) is 2.72. The topological polar surface area (TPSA) is 131 Å². The summed E-state index contributed by atoms with van der Waals surface area (Å²) in [7, 11) is 0. The maximum absolute atomic E-state index is 12.2. The summed E-state index contributed by atoms with van der Waals surface area (Å²) in [5, 5.41) is 9.95. The van der Waals surface area contributed by atoms with Crippen LogP contribution in [-0.4, -0.2) is 48.1 Å². The van der Waals surface area contributed by atoms with Gasteiger partial charge in [-0.1, -0.05) is 34.5 Å². The van der Waals surface area contributed by atoms with E-state index in [0.29, 0.717) is 19.3 Å². The highest BCUT2D eigenvalue weighted by Crippen LogP contribution is 2.20. The van der Waals surface area contributed by atoms with Crippen LogP contribution < -0.4 is 4.74 Å². The first kappa shape index (κ1) is 25.3. The third-order valence-corrected chi connectivity index (χ3v) is 4.23. The minimum atomic E-state index is -0.897. The van der Waals surface area contributed by atoms with E-state index >= 15 is 0 Å². The van der Waals surface area contributed by atoms with Crippen LogP contribution in [0, 0.1) is 10.1 Å². The molecule has 1 rings (SSSR count). The van der Waals surface area contributed by atoms with Gasteiger partial charge < -0.3 is 19.0 Å². The van der Waals surface area contributed by atoms with Gasteiger partial charge in [-0.2, -0.15) is 0 Å². The first-order valence-corrected chi connectivity index (χ1v) is 10.5. The number of hydrogen-bond acceptors (Lipinski definition) is 9. The summed E-state index contributed by atoms with van der Waals surface area (Å²) in [4.78, 5) is 49.9. The van der Waals surface area contributed by atoms with Crippen LogP contribution in [0.5, 0.6) is 5.75 Å². The van der Waals surface area contributed by atoms with Gasteiger partial charge >= 0.3 is 17.9 Å². The molecule has 0 N–H and O–H groups in total. The number of nitrogens with zero attached hydrogens (tertiary/aromatic N) is 1. The van der Waals surface area contributed by atoms with Gasteiger partial charge in [-0.05, 0) is 37.8 Å². The number of esters is 3. The molecule has 0 aliphatic heterocycles. The Balaban J connectivity index is 2.38. The fourth-order valence-corrected chi connectivity index (χ4v) is 2.61. The summed E-state index contributed by atoms with van der Waals surface area (Å²) >= 11 is 3.32. The molecule has 0 aliphatic rings. The van der Waals surface area contributed by atoms with Crippen molar-refractivity contribution in [3.8, 4) is 5.75 Å². The van der Waals surface area contributed by atoms with Crippen molar-refractivity contribution in [2.75, 3.05) is 25.2 Å². The second-order valence-electron chi connectivity index (χ2n) is 6.03. The van der Waals surface area contributed by atoms with E-state index in [-0.39, 0.29) is 30.9 Å². The van der Waals surface area contributed by atoms with Gasteiger partial charge in [-0.25, -0.2) is 9.59 Å². The van der Waals surface area contributed by atoms with Crippen LogP contribution in [0.15, 0.2) is 24.3 Å². The number of rotatable bonds is 15. The molecule has 11 heteroatoms. The molecule has 10 nitrogen and oxygen atoms in total. The molecule has 1 aromatic carbocycles. The quantitative estimate of drug-likeness (QED) is 0.0908. The van der Waals surface area contributed by atoms with E-state index in [1.165, 1.54) is 12.1 Å². The smallest absolute Gasteiger partial charge is 0.344 e. The first-order chi connectivity index (χ1) is 14.4. The molecule has 1 aromatic rings. The maximum atomic E-state index is 12.2. The van der Waals surface area contributed by atoms with Crippen LogP contribution in [0.25, 0.3) is 0 Å². The predicted octanol–water partition coefficient (Wildman–Crippen LogP) is 3.24. The van der Waals surface area contributed by atoms with Crippen molar-refractivity contribution in [1.82, 2.24) is 0 Å². The maximum Gasteiger partial charge on any atom is 0.344 e. The van der Waals surface area contributed by atoms with E-state index in [2.05, 4.69) is 20.8 Å². The van der Waals surface area contributed by atoms with Crippen LogP contribution >= 0.6 is 15.9 Å². The minimum absolute atomic E-state index is 0.0146. The normalized spacial score (nSPS) is 10.2. The summed E-state index contributed by atoms with van der Waals surface area (Å²) in [6, 6.07) is 6.09. The van der Waals surface area contributed by atoms with Gasteiger partial charge in [0.2, 0.25) is 0 Å². The number of hydrogen-bond donors (Lipinski definition) is 0. The fraction of sp³-hybridized carbons (Fsp3) is 0.526. The number of para-hydroxylation sites is 1. The number of benzene rings is 1. The van der Waals surface area contributed by atoms with Crippen molar-refractivity contribution < 1.29 is 38.5 Å². The average molecular weight is 490 g/mol. The SMILES string of the molecule is O=C(COC(=O)c1ccccc1OC(=O)CCCCCBr)OCCCCO[N+](=O)[O-]. The molecule has 0 atom stereocenters. The largest absolute Gasteiger partial charge is 0.463 e. The molecule has 0 saturated carbocycles. The molecule has 30 heavy (non-hydrogen) atoms. The Morgan fingerprint density at radius 1 is 0.933 bits per heavy atom. The van der Waals surface area contributed by atoms with Gasteiger partial charge in [0.05, 0.1) is 13.2 Å². The number of carbonyl (C=O) groups is 3. The van der Waals surface area contributed by atoms with Crippen molar-refractivity contribution in [3.63, 3.8) is 0 Å². The van der Waals surface area contributed by atoms with Gasteiger partial charge in [-0.3, -0.25) is 4.79 Å². The van der Waals surface area contributed by atoms with Crippen molar-refractivity contribution >= 4 is 33.8 Å². The second kappa shape index (κ2) is 15.2. The van der Waals surface area contributed by atoms with E-state index in [9.17, 15) is 24.5 Å². The lowest BCUT2D eigenvalue weighted by Gasteiger charge is -2.10.